The molecule has 0 aliphatic heterocycles. The zero-order valence-electron chi connectivity index (χ0n) is 12.7. The predicted octanol–water partition coefficient (Wildman–Crippen LogP) is 4.57. The number of hydrogen-bond donors (Lipinski definition) is 0. The number of ether oxygens (including phenoxy) is 1. The van der Waals surface area contributed by atoms with Gasteiger partial charge in [0.15, 0.2) is 0 Å². The summed E-state index contributed by atoms with van der Waals surface area (Å²) in [4.78, 5) is 4.11. The van der Waals surface area contributed by atoms with Gasteiger partial charge in [0.25, 0.3) is 0 Å². The third-order valence-corrected chi connectivity index (χ3v) is 4.46. The minimum Gasteiger partial charge on any atom is -0.492 e. The van der Waals surface area contributed by atoms with Gasteiger partial charge in [-0.05, 0) is 61.8 Å². The van der Waals surface area contributed by atoms with Crippen molar-refractivity contribution in [2.45, 2.75) is 51.0 Å². The standard InChI is InChI=1S/C18H24N2O/c1-2-13-21-18-9-12-20(14-18)17-5-3-15(4-6-17)16-7-10-19-11-8-16/h7-12,14-15,17H,2-6,13H2,1H3. The smallest absolute Gasteiger partial charge is 0.136 e. The van der Waals surface area contributed by atoms with Crippen molar-refractivity contribution in [3.63, 3.8) is 0 Å². The summed E-state index contributed by atoms with van der Waals surface area (Å²) >= 11 is 0. The van der Waals surface area contributed by atoms with Gasteiger partial charge in [0, 0.05) is 30.8 Å². The minimum absolute atomic E-state index is 0.627. The molecule has 1 fully saturated rings. The summed E-state index contributed by atoms with van der Waals surface area (Å²) in [5, 5.41) is 0. The lowest BCUT2D eigenvalue weighted by atomic mass is 9.82. The quantitative estimate of drug-likeness (QED) is 0.804. The van der Waals surface area contributed by atoms with Gasteiger partial charge in [-0.15, -0.1) is 0 Å². The van der Waals surface area contributed by atoms with Crippen molar-refractivity contribution in [3.05, 3.63) is 48.5 Å². The molecular formula is C18H24N2O. The number of rotatable bonds is 5. The molecule has 0 atom stereocenters. The van der Waals surface area contributed by atoms with E-state index in [1.54, 1.807) is 0 Å². The molecule has 0 aromatic carbocycles. The monoisotopic (exact) mass is 284 g/mol. The van der Waals surface area contributed by atoms with Crippen LogP contribution in [0.1, 0.15) is 56.6 Å². The van der Waals surface area contributed by atoms with Crippen molar-refractivity contribution in [2.24, 2.45) is 0 Å². The molecule has 1 saturated carbocycles. The third kappa shape index (κ3) is 3.46. The molecule has 2 heterocycles. The average molecular weight is 284 g/mol. The highest BCUT2D eigenvalue weighted by molar-refractivity contribution is 5.19. The Kier molecular flexibility index (Phi) is 4.59. The molecule has 0 saturated heterocycles. The van der Waals surface area contributed by atoms with Crippen LogP contribution in [0, 0.1) is 0 Å². The van der Waals surface area contributed by atoms with Crippen LogP contribution in [-0.4, -0.2) is 16.2 Å². The van der Waals surface area contributed by atoms with Crippen LogP contribution in [0.2, 0.25) is 0 Å². The Morgan fingerprint density at radius 1 is 1.14 bits per heavy atom. The zero-order chi connectivity index (χ0) is 14.5. The summed E-state index contributed by atoms with van der Waals surface area (Å²) in [6.45, 7) is 2.94. The highest BCUT2D eigenvalue weighted by Gasteiger charge is 2.23. The molecule has 1 aliphatic carbocycles. The SMILES string of the molecule is CCCOc1ccn(C2CCC(c3ccncc3)CC2)c1. The maximum Gasteiger partial charge on any atom is 0.136 e. The lowest BCUT2D eigenvalue weighted by Crippen LogP contribution is -2.16. The summed E-state index contributed by atoms with van der Waals surface area (Å²) < 4.78 is 8.03. The first-order valence-electron chi connectivity index (χ1n) is 8.07. The highest BCUT2D eigenvalue weighted by Crippen LogP contribution is 2.38. The Morgan fingerprint density at radius 2 is 1.90 bits per heavy atom. The fourth-order valence-electron chi connectivity index (χ4n) is 3.27. The molecule has 0 N–H and O–H groups in total. The number of pyridine rings is 1. The largest absolute Gasteiger partial charge is 0.492 e. The van der Waals surface area contributed by atoms with E-state index in [4.69, 9.17) is 4.74 Å². The molecule has 2 aromatic heterocycles. The lowest BCUT2D eigenvalue weighted by Gasteiger charge is -2.29. The normalized spacial score (nSPS) is 22.1. The topological polar surface area (TPSA) is 27.1 Å². The summed E-state index contributed by atoms with van der Waals surface area (Å²) in [5.74, 6) is 1.71. The van der Waals surface area contributed by atoms with Crippen LogP contribution in [0.25, 0.3) is 0 Å². The van der Waals surface area contributed by atoms with Crippen LogP contribution in [0.3, 0.4) is 0 Å². The zero-order valence-corrected chi connectivity index (χ0v) is 12.7. The summed E-state index contributed by atoms with van der Waals surface area (Å²) in [6.07, 6.45) is 14.2. The maximum atomic E-state index is 5.69. The Bertz CT molecular complexity index is 541. The first-order chi connectivity index (χ1) is 10.4. The van der Waals surface area contributed by atoms with Crippen molar-refractivity contribution in [1.82, 2.24) is 9.55 Å². The van der Waals surface area contributed by atoms with Gasteiger partial charge in [-0.2, -0.15) is 0 Å². The van der Waals surface area contributed by atoms with E-state index >= 15 is 0 Å². The minimum atomic E-state index is 0.627. The number of hydrogen-bond acceptors (Lipinski definition) is 2. The van der Waals surface area contributed by atoms with Crippen molar-refractivity contribution in [3.8, 4) is 5.75 Å². The van der Waals surface area contributed by atoms with E-state index in [-0.39, 0.29) is 0 Å². The molecule has 0 unspecified atom stereocenters. The molecule has 2 aromatic rings. The fraction of sp³-hybridized carbons (Fsp3) is 0.500. The molecule has 0 radical (unpaired) electrons. The van der Waals surface area contributed by atoms with Gasteiger partial charge in [-0.3, -0.25) is 4.98 Å². The van der Waals surface area contributed by atoms with Crippen LogP contribution in [0.15, 0.2) is 43.0 Å². The summed E-state index contributed by atoms with van der Waals surface area (Å²) in [5.41, 5.74) is 1.45. The molecule has 0 amide bonds. The Hall–Kier alpha value is -1.77. The van der Waals surface area contributed by atoms with E-state index in [0.717, 1.165) is 18.8 Å². The van der Waals surface area contributed by atoms with E-state index < -0.39 is 0 Å². The second kappa shape index (κ2) is 6.79. The van der Waals surface area contributed by atoms with Gasteiger partial charge >= 0.3 is 0 Å². The van der Waals surface area contributed by atoms with Gasteiger partial charge < -0.3 is 9.30 Å². The van der Waals surface area contributed by atoms with Crippen LogP contribution in [-0.2, 0) is 0 Å². The molecule has 3 nitrogen and oxygen atoms in total. The average Bonchev–Trinajstić information content (AvgIpc) is 3.03. The van der Waals surface area contributed by atoms with Crippen LogP contribution in [0.4, 0.5) is 0 Å². The van der Waals surface area contributed by atoms with E-state index in [2.05, 4.69) is 47.1 Å². The van der Waals surface area contributed by atoms with Gasteiger partial charge in [0.1, 0.15) is 5.75 Å². The van der Waals surface area contributed by atoms with E-state index in [1.165, 1.54) is 31.2 Å². The highest BCUT2D eigenvalue weighted by atomic mass is 16.5. The predicted molar refractivity (Wildman–Crippen MR) is 84.7 cm³/mol. The first-order valence-corrected chi connectivity index (χ1v) is 8.07. The Labute approximate surface area is 127 Å². The summed E-state index contributed by atoms with van der Waals surface area (Å²) in [7, 11) is 0. The van der Waals surface area contributed by atoms with Crippen molar-refractivity contribution < 1.29 is 4.74 Å². The van der Waals surface area contributed by atoms with E-state index in [0.29, 0.717) is 12.0 Å². The second-order valence-corrected chi connectivity index (χ2v) is 5.93. The molecular weight excluding hydrogens is 260 g/mol. The molecule has 0 spiro atoms. The Balaban J connectivity index is 1.57. The number of nitrogens with zero attached hydrogens (tertiary/aromatic N) is 2. The number of aromatic nitrogens is 2. The van der Waals surface area contributed by atoms with Crippen LogP contribution >= 0.6 is 0 Å². The molecule has 112 valence electrons. The molecule has 0 bridgehead atoms. The first kappa shape index (κ1) is 14.2. The molecule has 3 heteroatoms. The van der Waals surface area contributed by atoms with Gasteiger partial charge in [0.2, 0.25) is 0 Å². The molecule has 1 aliphatic rings. The van der Waals surface area contributed by atoms with Gasteiger partial charge in [-0.1, -0.05) is 6.92 Å². The van der Waals surface area contributed by atoms with E-state index in [1.807, 2.05) is 12.4 Å². The fourth-order valence-corrected chi connectivity index (χ4v) is 3.27. The van der Waals surface area contributed by atoms with Gasteiger partial charge in [0.05, 0.1) is 6.61 Å². The Morgan fingerprint density at radius 3 is 2.62 bits per heavy atom. The second-order valence-electron chi connectivity index (χ2n) is 5.93. The lowest BCUT2D eigenvalue weighted by molar-refractivity contribution is 0.307. The maximum absolute atomic E-state index is 5.69. The third-order valence-electron chi connectivity index (χ3n) is 4.46. The van der Waals surface area contributed by atoms with Crippen molar-refractivity contribution in [2.75, 3.05) is 6.61 Å². The van der Waals surface area contributed by atoms with Crippen LogP contribution < -0.4 is 4.74 Å². The van der Waals surface area contributed by atoms with E-state index in [9.17, 15) is 0 Å². The van der Waals surface area contributed by atoms with Crippen LogP contribution in [0.5, 0.6) is 5.75 Å². The van der Waals surface area contributed by atoms with Gasteiger partial charge in [-0.25, -0.2) is 0 Å². The molecule has 21 heavy (non-hydrogen) atoms. The van der Waals surface area contributed by atoms with Crippen molar-refractivity contribution in [1.29, 1.82) is 0 Å². The molecule has 3 rings (SSSR count). The van der Waals surface area contributed by atoms with Crippen molar-refractivity contribution >= 4 is 0 Å². The summed E-state index contributed by atoms with van der Waals surface area (Å²) in [6, 6.07) is 7.04.